The van der Waals surface area contributed by atoms with Gasteiger partial charge in [-0.3, -0.25) is 4.79 Å². The predicted octanol–water partition coefficient (Wildman–Crippen LogP) is 1.98. The summed E-state index contributed by atoms with van der Waals surface area (Å²) in [5.74, 6) is -1.10. The van der Waals surface area contributed by atoms with Gasteiger partial charge in [-0.25, -0.2) is 4.79 Å². The van der Waals surface area contributed by atoms with Crippen LogP contribution in [-0.4, -0.2) is 46.8 Å². The number of carbonyl (C=O) groups excluding carboxylic acids is 1. The zero-order valence-electron chi connectivity index (χ0n) is 10.5. The van der Waals surface area contributed by atoms with Crippen LogP contribution < -0.4 is 5.32 Å². The standard InChI is InChI=1S/C11H17F3N2O3/c1-2-7(5-9(17)18)15-10(19)16(8-3-4-8)6-11(12,13)14/h7-8H,2-6H2,1H3,(H,15,19)(H,17,18). The third-order valence-electron chi connectivity index (χ3n) is 2.84. The molecule has 19 heavy (non-hydrogen) atoms. The van der Waals surface area contributed by atoms with Crippen molar-refractivity contribution in [1.29, 1.82) is 0 Å². The number of hydrogen-bond acceptors (Lipinski definition) is 2. The second kappa shape index (κ2) is 6.12. The maximum Gasteiger partial charge on any atom is 0.406 e. The van der Waals surface area contributed by atoms with Crippen LogP contribution in [0, 0.1) is 0 Å². The second-order valence-corrected chi connectivity index (χ2v) is 4.63. The predicted molar refractivity (Wildman–Crippen MR) is 60.6 cm³/mol. The van der Waals surface area contributed by atoms with Crippen molar-refractivity contribution in [2.75, 3.05) is 6.54 Å². The molecule has 0 radical (unpaired) electrons. The summed E-state index contributed by atoms with van der Waals surface area (Å²) in [6.07, 6.45) is -3.29. The van der Waals surface area contributed by atoms with Gasteiger partial charge in [-0.15, -0.1) is 0 Å². The van der Waals surface area contributed by atoms with Crippen molar-refractivity contribution in [2.24, 2.45) is 0 Å². The summed E-state index contributed by atoms with van der Waals surface area (Å²) < 4.78 is 37.1. The van der Waals surface area contributed by atoms with E-state index in [1.807, 2.05) is 0 Å². The van der Waals surface area contributed by atoms with Gasteiger partial charge in [-0.2, -0.15) is 13.2 Å². The molecule has 0 saturated heterocycles. The molecule has 110 valence electrons. The Bertz CT molecular complexity index is 343. The average molecular weight is 282 g/mol. The van der Waals surface area contributed by atoms with E-state index in [1.165, 1.54) is 0 Å². The van der Waals surface area contributed by atoms with Crippen molar-refractivity contribution in [1.82, 2.24) is 10.2 Å². The molecule has 1 saturated carbocycles. The number of halogens is 3. The third-order valence-corrected chi connectivity index (χ3v) is 2.84. The summed E-state index contributed by atoms with van der Waals surface area (Å²) in [6.45, 7) is 0.367. The molecular weight excluding hydrogens is 265 g/mol. The van der Waals surface area contributed by atoms with Crippen molar-refractivity contribution in [3.63, 3.8) is 0 Å². The van der Waals surface area contributed by atoms with Crippen molar-refractivity contribution in [3.8, 4) is 0 Å². The number of hydrogen-bond donors (Lipinski definition) is 2. The molecule has 0 aromatic carbocycles. The van der Waals surface area contributed by atoms with E-state index < -0.39 is 30.8 Å². The Labute approximate surface area is 108 Å². The molecule has 1 rings (SSSR count). The molecule has 1 fully saturated rings. The fourth-order valence-electron chi connectivity index (χ4n) is 1.71. The highest BCUT2D eigenvalue weighted by Crippen LogP contribution is 2.30. The van der Waals surface area contributed by atoms with Crippen LogP contribution in [0.2, 0.25) is 0 Å². The van der Waals surface area contributed by atoms with Crippen LogP contribution in [0.1, 0.15) is 32.6 Å². The van der Waals surface area contributed by atoms with Crippen LogP contribution >= 0.6 is 0 Å². The normalized spacial score (nSPS) is 16.8. The zero-order chi connectivity index (χ0) is 14.6. The molecule has 0 aromatic rings. The molecule has 0 aliphatic heterocycles. The summed E-state index contributed by atoms with van der Waals surface area (Å²) in [4.78, 5) is 23.1. The molecule has 1 unspecified atom stereocenters. The van der Waals surface area contributed by atoms with Gasteiger partial charge in [0.25, 0.3) is 0 Å². The lowest BCUT2D eigenvalue weighted by Gasteiger charge is -2.26. The Kier molecular flexibility index (Phi) is 5.02. The van der Waals surface area contributed by atoms with Gasteiger partial charge in [0.15, 0.2) is 0 Å². The topological polar surface area (TPSA) is 69.6 Å². The Morgan fingerprint density at radius 3 is 2.37 bits per heavy atom. The number of carboxylic acid groups (broad SMARTS) is 1. The molecule has 1 aliphatic carbocycles. The minimum atomic E-state index is -4.45. The number of amides is 2. The van der Waals surface area contributed by atoms with Gasteiger partial charge in [0.2, 0.25) is 0 Å². The first-order valence-corrected chi connectivity index (χ1v) is 6.08. The summed E-state index contributed by atoms with van der Waals surface area (Å²) in [6, 6.07) is -1.88. The lowest BCUT2D eigenvalue weighted by molar-refractivity contribution is -0.141. The molecule has 0 heterocycles. The minimum Gasteiger partial charge on any atom is -0.481 e. The van der Waals surface area contributed by atoms with E-state index in [2.05, 4.69) is 5.32 Å². The van der Waals surface area contributed by atoms with E-state index in [0.717, 1.165) is 4.90 Å². The number of nitrogens with one attached hydrogen (secondary N) is 1. The lowest BCUT2D eigenvalue weighted by Crippen LogP contribution is -2.49. The fraction of sp³-hybridized carbons (Fsp3) is 0.818. The van der Waals surface area contributed by atoms with E-state index in [0.29, 0.717) is 19.3 Å². The van der Waals surface area contributed by atoms with Crippen LogP contribution in [0.3, 0.4) is 0 Å². The summed E-state index contributed by atoms with van der Waals surface area (Å²) in [5.41, 5.74) is 0. The Hall–Kier alpha value is -1.47. The number of carbonyl (C=O) groups is 2. The first kappa shape index (κ1) is 15.6. The molecule has 0 bridgehead atoms. The molecule has 2 amide bonds. The highest BCUT2D eigenvalue weighted by molar-refractivity contribution is 5.76. The Morgan fingerprint density at radius 2 is 2.00 bits per heavy atom. The smallest absolute Gasteiger partial charge is 0.406 e. The van der Waals surface area contributed by atoms with E-state index >= 15 is 0 Å². The molecule has 5 nitrogen and oxygen atoms in total. The van der Waals surface area contributed by atoms with Gasteiger partial charge < -0.3 is 15.3 Å². The SMILES string of the molecule is CCC(CC(=O)O)NC(=O)N(CC(F)(F)F)C1CC1. The molecule has 2 N–H and O–H groups in total. The second-order valence-electron chi connectivity index (χ2n) is 4.63. The van der Waals surface area contributed by atoms with Crippen molar-refractivity contribution < 1.29 is 27.9 Å². The van der Waals surface area contributed by atoms with Gasteiger partial charge in [0.1, 0.15) is 6.54 Å². The summed E-state index contributed by atoms with van der Waals surface area (Å²) in [7, 11) is 0. The third kappa shape index (κ3) is 5.80. The van der Waals surface area contributed by atoms with Crippen molar-refractivity contribution in [2.45, 2.75) is 50.9 Å². The zero-order valence-corrected chi connectivity index (χ0v) is 10.5. The quantitative estimate of drug-likeness (QED) is 0.782. The number of rotatable bonds is 6. The Balaban J connectivity index is 2.58. The van der Waals surface area contributed by atoms with E-state index in [1.54, 1.807) is 6.92 Å². The van der Waals surface area contributed by atoms with Crippen LogP contribution in [0.5, 0.6) is 0 Å². The fourth-order valence-corrected chi connectivity index (χ4v) is 1.71. The number of nitrogens with zero attached hydrogens (tertiary/aromatic N) is 1. The molecule has 8 heteroatoms. The van der Waals surface area contributed by atoms with Gasteiger partial charge in [0.05, 0.1) is 6.42 Å². The van der Waals surface area contributed by atoms with Gasteiger partial charge >= 0.3 is 18.2 Å². The lowest BCUT2D eigenvalue weighted by atomic mass is 10.1. The maximum atomic E-state index is 12.4. The van der Waals surface area contributed by atoms with Crippen LogP contribution in [0.15, 0.2) is 0 Å². The highest BCUT2D eigenvalue weighted by Gasteiger charge is 2.41. The summed E-state index contributed by atoms with van der Waals surface area (Å²) >= 11 is 0. The minimum absolute atomic E-state index is 0.299. The monoisotopic (exact) mass is 282 g/mol. The first-order chi connectivity index (χ1) is 8.73. The van der Waals surface area contributed by atoms with Gasteiger partial charge in [0, 0.05) is 12.1 Å². The molecular formula is C11H17F3N2O3. The van der Waals surface area contributed by atoms with E-state index in [4.69, 9.17) is 5.11 Å². The first-order valence-electron chi connectivity index (χ1n) is 6.08. The van der Waals surface area contributed by atoms with Crippen LogP contribution in [0.25, 0.3) is 0 Å². The number of alkyl halides is 3. The molecule has 1 atom stereocenters. The Morgan fingerprint density at radius 1 is 1.42 bits per heavy atom. The van der Waals surface area contributed by atoms with E-state index in [-0.39, 0.29) is 12.5 Å². The van der Waals surface area contributed by atoms with Crippen LogP contribution in [0.4, 0.5) is 18.0 Å². The highest BCUT2D eigenvalue weighted by atomic mass is 19.4. The number of aliphatic carboxylic acids is 1. The number of carboxylic acids is 1. The van der Waals surface area contributed by atoms with Crippen LogP contribution in [-0.2, 0) is 4.79 Å². The summed E-state index contributed by atoms with van der Waals surface area (Å²) in [5, 5.41) is 11.0. The molecule has 0 spiro atoms. The van der Waals surface area contributed by atoms with Crippen molar-refractivity contribution in [3.05, 3.63) is 0 Å². The van der Waals surface area contributed by atoms with Crippen molar-refractivity contribution >= 4 is 12.0 Å². The maximum absolute atomic E-state index is 12.4. The largest absolute Gasteiger partial charge is 0.481 e. The number of urea groups is 1. The molecule has 0 aromatic heterocycles. The average Bonchev–Trinajstić information content (AvgIpc) is 3.06. The van der Waals surface area contributed by atoms with Gasteiger partial charge in [-0.1, -0.05) is 6.92 Å². The van der Waals surface area contributed by atoms with E-state index in [9.17, 15) is 22.8 Å². The molecule has 1 aliphatic rings. The van der Waals surface area contributed by atoms with Gasteiger partial charge in [-0.05, 0) is 19.3 Å².